The number of hydrogen-bond donors (Lipinski definition) is 1. The summed E-state index contributed by atoms with van der Waals surface area (Å²) < 4.78 is 0. The Hall–Kier alpha value is -0.0800. The van der Waals surface area contributed by atoms with Crippen LogP contribution in [0.15, 0.2) is 0 Å². The third kappa shape index (κ3) is 6.32. The van der Waals surface area contributed by atoms with E-state index in [1.807, 2.05) is 13.8 Å². The zero-order valence-electron chi connectivity index (χ0n) is 8.22. The van der Waals surface area contributed by atoms with E-state index in [1.54, 1.807) is 0 Å². The van der Waals surface area contributed by atoms with E-state index in [4.69, 9.17) is 0 Å². The van der Waals surface area contributed by atoms with Crippen LogP contribution in [0.1, 0.15) is 34.1 Å². The molecule has 0 aliphatic heterocycles. The van der Waals surface area contributed by atoms with Crippen molar-refractivity contribution in [1.82, 2.24) is 4.90 Å². The van der Waals surface area contributed by atoms with Crippen LogP contribution in [0.4, 0.5) is 0 Å². The summed E-state index contributed by atoms with van der Waals surface area (Å²) in [5.41, 5.74) is -0.550. The minimum atomic E-state index is -0.550. The predicted octanol–water partition coefficient (Wildman–Crippen LogP) is 1.49. The van der Waals surface area contributed by atoms with Gasteiger partial charge < -0.3 is 10.0 Å². The molecule has 0 aromatic heterocycles. The van der Waals surface area contributed by atoms with Gasteiger partial charge in [0.2, 0.25) is 0 Å². The van der Waals surface area contributed by atoms with Gasteiger partial charge >= 0.3 is 0 Å². The molecule has 0 amide bonds. The molecule has 0 unspecified atom stereocenters. The minimum Gasteiger partial charge on any atom is -0.389 e. The van der Waals surface area contributed by atoms with Gasteiger partial charge in [-0.3, -0.25) is 0 Å². The lowest BCUT2D eigenvalue weighted by Crippen LogP contribution is -2.38. The van der Waals surface area contributed by atoms with Crippen molar-refractivity contribution in [3.05, 3.63) is 0 Å². The van der Waals surface area contributed by atoms with Gasteiger partial charge in [0.1, 0.15) is 0 Å². The molecule has 0 saturated heterocycles. The highest BCUT2D eigenvalue weighted by Gasteiger charge is 2.15. The van der Waals surface area contributed by atoms with Crippen molar-refractivity contribution in [2.75, 3.05) is 19.6 Å². The highest BCUT2D eigenvalue weighted by molar-refractivity contribution is 4.70. The Balaban J connectivity index is 3.68. The molecule has 0 atom stereocenters. The van der Waals surface area contributed by atoms with Crippen LogP contribution >= 0.6 is 0 Å². The van der Waals surface area contributed by atoms with Crippen LogP contribution in [-0.2, 0) is 0 Å². The van der Waals surface area contributed by atoms with Crippen molar-refractivity contribution in [2.24, 2.45) is 0 Å². The van der Waals surface area contributed by atoms with Crippen LogP contribution < -0.4 is 0 Å². The maximum atomic E-state index is 9.50. The second kappa shape index (κ2) is 4.73. The first-order chi connectivity index (χ1) is 4.99. The topological polar surface area (TPSA) is 23.5 Å². The fourth-order valence-electron chi connectivity index (χ4n) is 1.21. The van der Waals surface area contributed by atoms with E-state index in [-0.39, 0.29) is 0 Å². The molecule has 2 heteroatoms. The summed E-state index contributed by atoms with van der Waals surface area (Å²) in [5, 5.41) is 9.50. The summed E-state index contributed by atoms with van der Waals surface area (Å²) in [6, 6.07) is 0. The maximum absolute atomic E-state index is 9.50. The summed E-state index contributed by atoms with van der Waals surface area (Å²) in [5.74, 6) is 0. The number of hydrogen-bond acceptors (Lipinski definition) is 2. The summed E-state index contributed by atoms with van der Waals surface area (Å²) in [7, 11) is 0. The standard InChI is InChI=1S/C9H21NO/c1-5-7-10(6-2)8-9(3,4)11/h11H,5-8H2,1-4H3. The van der Waals surface area contributed by atoms with Gasteiger partial charge in [-0.1, -0.05) is 13.8 Å². The Morgan fingerprint density at radius 1 is 1.27 bits per heavy atom. The van der Waals surface area contributed by atoms with E-state index in [1.165, 1.54) is 0 Å². The molecule has 0 aromatic rings. The van der Waals surface area contributed by atoms with E-state index in [0.717, 1.165) is 26.1 Å². The largest absolute Gasteiger partial charge is 0.389 e. The SMILES string of the molecule is CCCN(CC)CC(C)(C)O. The summed E-state index contributed by atoms with van der Waals surface area (Å²) >= 11 is 0. The number of rotatable bonds is 5. The smallest absolute Gasteiger partial charge is 0.0718 e. The lowest BCUT2D eigenvalue weighted by molar-refractivity contribution is 0.0379. The Morgan fingerprint density at radius 2 is 1.82 bits per heavy atom. The molecule has 0 saturated carbocycles. The van der Waals surface area contributed by atoms with Crippen molar-refractivity contribution >= 4 is 0 Å². The summed E-state index contributed by atoms with van der Waals surface area (Å²) in [6.07, 6.45) is 1.16. The van der Waals surface area contributed by atoms with Crippen LogP contribution in [0, 0.1) is 0 Å². The molecule has 1 N–H and O–H groups in total. The molecular formula is C9H21NO. The highest BCUT2D eigenvalue weighted by Crippen LogP contribution is 2.04. The molecule has 0 aliphatic carbocycles. The normalized spacial score (nSPS) is 12.5. The molecular weight excluding hydrogens is 138 g/mol. The van der Waals surface area contributed by atoms with Gasteiger partial charge in [0.05, 0.1) is 5.60 Å². The fraction of sp³-hybridized carbons (Fsp3) is 1.00. The summed E-state index contributed by atoms with van der Waals surface area (Å²) in [4.78, 5) is 2.26. The van der Waals surface area contributed by atoms with E-state index >= 15 is 0 Å². The highest BCUT2D eigenvalue weighted by atomic mass is 16.3. The second-order valence-corrected chi connectivity index (χ2v) is 3.68. The van der Waals surface area contributed by atoms with E-state index in [0.29, 0.717) is 0 Å². The van der Waals surface area contributed by atoms with E-state index in [2.05, 4.69) is 18.7 Å². The first kappa shape index (κ1) is 10.9. The Kier molecular flexibility index (Phi) is 4.69. The first-order valence-corrected chi connectivity index (χ1v) is 4.44. The molecule has 0 aromatic carbocycles. The molecule has 0 rings (SSSR count). The van der Waals surface area contributed by atoms with Crippen molar-refractivity contribution in [2.45, 2.75) is 39.7 Å². The third-order valence-electron chi connectivity index (χ3n) is 1.60. The van der Waals surface area contributed by atoms with Crippen molar-refractivity contribution < 1.29 is 5.11 Å². The van der Waals surface area contributed by atoms with E-state index in [9.17, 15) is 5.11 Å². The third-order valence-corrected chi connectivity index (χ3v) is 1.60. The van der Waals surface area contributed by atoms with Crippen LogP contribution in [-0.4, -0.2) is 35.2 Å². The van der Waals surface area contributed by atoms with Gasteiger partial charge in [-0.15, -0.1) is 0 Å². The Bertz CT molecular complexity index is 96.2. The molecule has 0 radical (unpaired) electrons. The van der Waals surface area contributed by atoms with Gasteiger partial charge in [0, 0.05) is 6.54 Å². The van der Waals surface area contributed by atoms with Gasteiger partial charge in [-0.05, 0) is 33.4 Å². The van der Waals surface area contributed by atoms with Gasteiger partial charge in [0.25, 0.3) is 0 Å². The number of nitrogens with zero attached hydrogens (tertiary/aromatic N) is 1. The van der Waals surface area contributed by atoms with Gasteiger partial charge in [-0.25, -0.2) is 0 Å². The Labute approximate surface area is 70.2 Å². The summed E-state index contributed by atoms with van der Waals surface area (Å²) in [6.45, 7) is 10.9. The van der Waals surface area contributed by atoms with Crippen LogP contribution in [0.3, 0.4) is 0 Å². The monoisotopic (exact) mass is 159 g/mol. The first-order valence-electron chi connectivity index (χ1n) is 4.44. The molecule has 0 spiro atoms. The van der Waals surface area contributed by atoms with Crippen LogP contribution in [0.25, 0.3) is 0 Å². The molecule has 68 valence electrons. The van der Waals surface area contributed by atoms with Gasteiger partial charge in [-0.2, -0.15) is 0 Å². The van der Waals surface area contributed by atoms with Gasteiger partial charge in [0.15, 0.2) is 0 Å². The molecule has 0 aliphatic rings. The average molecular weight is 159 g/mol. The second-order valence-electron chi connectivity index (χ2n) is 3.68. The predicted molar refractivity (Wildman–Crippen MR) is 48.7 cm³/mol. The maximum Gasteiger partial charge on any atom is 0.0718 e. The molecule has 0 heterocycles. The van der Waals surface area contributed by atoms with Crippen molar-refractivity contribution in [3.8, 4) is 0 Å². The van der Waals surface area contributed by atoms with Crippen LogP contribution in [0.5, 0.6) is 0 Å². The molecule has 2 nitrogen and oxygen atoms in total. The quantitative estimate of drug-likeness (QED) is 0.657. The van der Waals surface area contributed by atoms with Crippen molar-refractivity contribution in [1.29, 1.82) is 0 Å². The van der Waals surface area contributed by atoms with Crippen molar-refractivity contribution in [3.63, 3.8) is 0 Å². The minimum absolute atomic E-state index is 0.550. The number of aliphatic hydroxyl groups is 1. The molecule has 0 fully saturated rings. The zero-order chi connectivity index (χ0) is 8.91. The molecule has 0 bridgehead atoms. The Morgan fingerprint density at radius 3 is 2.09 bits per heavy atom. The fourth-order valence-corrected chi connectivity index (χ4v) is 1.21. The average Bonchev–Trinajstić information content (AvgIpc) is 1.84. The number of likely N-dealkylation sites (N-methyl/N-ethyl adjacent to an activating group) is 1. The van der Waals surface area contributed by atoms with E-state index < -0.39 is 5.60 Å². The molecule has 11 heavy (non-hydrogen) atoms. The lowest BCUT2D eigenvalue weighted by atomic mass is 10.1. The zero-order valence-corrected chi connectivity index (χ0v) is 8.22. The van der Waals surface area contributed by atoms with Crippen LogP contribution in [0.2, 0.25) is 0 Å². The lowest BCUT2D eigenvalue weighted by Gasteiger charge is -2.27.